The van der Waals surface area contributed by atoms with Crippen molar-refractivity contribution in [2.45, 2.75) is 24.5 Å². The zero-order chi connectivity index (χ0) is 13.4. The average Bonchev–Trinajstić information content (AvgIpc) is 2.61. The lowest BCUT2D eigenvalue weighted by Gasteiger charge is -2.17. The Bertz CT molecular complexity index is 507. The van der Waals surface area contributed by atoms with Crippen LogP contribution in [-0.2, 0) is 4.74 Å². The summed E-state index contributed by atoms with van der Waals surface area (Å²) in [7, 11) is 0. The summed E-state index contributed by atoms with van der Waals surface area (Å²) in [5.41, 5.74) is 4.79. The van der Waals surface area contributed by atoms with Crippen LogP contribution in [0, 0.1) is 3.57 Å². The highest BCUT2D eigenvalue weighted by Gasteiger charge is 2.43. The van der Waals surface area contributed by atoms with Gasteiger partial charge in [-0.1, -0.05) is 0 Å². The van der Waals surface area contributed by atoms with Gasteiger partial charge in [0.05, 0.1) is 10.2 Å². The highest BCUT2D eigenvalue weighted by Crippen LogP contribution is 2.28. The van der Waals surface area contributed by atoms with Gasteiger partial charge in [0.1, 0.15) is 24.1 Å². The van der Waals surface area contributed by atoms with Gasteiger partial charge >= 0.3 is 5.69 Å². The lowest BCUT2D eigenvalue weighted by molar-refractivity contribution is -0.0550. The van der Waals surface area contributed by atoms with E-state index in [1.165, 1.54) is 6.20 Å². The van der Waals surface area contributed by atoms with Gasteiger partial charge < -0.3 is 25.8 Å². The van der Waals surface area contributed by atoms with Crippen LogP contribution in [0.2, 0.25) is 0 Å². The minimum absolute atomic E-state index is 0.0867. The molecule has 0 aromatic carbocycles. The first-order valence-corrected chi connectivity index (χ1v) is 6.20. The van der Waals surface area contributed by atoms with E-state index in [1.807, 2.05) is 22.6 Å². The first-order valence-electron chi connectivity index (χ1n) is 5.12. The highest BCUT2D eigenvalue weighted by molar-refractivity contribution is 14.1. The molecule has 1 aromatic heterocycles. The van der Waals surface area contributed by atoms with Crippen molar-refractivity contribution in [3.8, 4) is 0 Å². The van der Waals surface area contributed by atoms with Crippen molar-refractivity contribution in [2.24, 2.45) is 0 Å². The second-order valence-corrected chi connectivity index (χ2v) is 5.05. The van der Waals surface area contributed by atoms with Crippen molar-refractivity contribution in [3.05, 3.63) is 20.3 Å². The molecule has 100 valence electrons. The van der Waals surface area contributed by atoms with E-state index >= 15 is 0 Å². The second-order valence-electron chi connectivity index (χ2n) is 3.89. The molecule has 0 amide bonds. The molecule has 0 spiro atoms. The van der Waals surface area contributed by atoms with Crippen LogP contribution < -0.4 is 11.4 Å². The van der Waals surface area contributed by atoms with Gasteiger partial charge in [0, 0.05) is 6.20 Å². The zero-order valence-corrected chi connectivity index (χ0v) is 11.3. The number of nitrogen functional groups attached to an aromatic ring is 1. The van der Waals surface area contributed by atoms with E-state index < -0.39 is 36.8 Å². The Balaban J connectivity index is 2.39. The van der Waals surface area contributed by atoms with E-state index in [0.717, 1.165) is 4.57 Å². The van der Waals surface area contributed by atoms with Crippen LogP contribution in [0.4, 0.5) is 5.82 Å². The van der Waals surface area contributed by atoms with Crippen LogP contribution in [0.5, 0.6) is 0 Å². The number of aliphatic hydroxyl groups is 3. The quantitative estimate of drug-likeness (QED) is 0.446. The Hall–Kier alpha value is -0.750. The predicted molar refractivity (Wildman–Crippen MR) is 68.6 cm³/mol. The van der Waals surface area contributed by atoms with Crippen molar-refractivity contribution >= 4 is 28.4 Å². The Morgan fingerprint density at radius 3 is 2.72 bits per heavy atom. The maximum absolute atomic E-state index is 11.7. The summed E-state index contributed by atoms with van der Waals surface area (Å²) in [6, 6.07) is 0. The summed E-state index contributed by atoms with van der Waals surface area (Å²) in [5.74, 6) is 0.0867. The molecule has 0 aliphatic carbocycles. The molecular weight excluding hydrogens is 357 g/mol. The molecule has 0 radical (unpaired) electrons. The number of aromatic nitrogens is 2. The molecule has 9 heteroatoms. The molecule has 4 unspecified atom stereocenters. The Morgan fingerprint density at radius 2 is 2.17 bits per heavy atom. The van der Waals surface area contributed by atoms with Gasteiger partial charge in [-0.15, -0.1) is 0 Å². The van der Waals surface area contributed by atoms with E-state index in [-0.39, 0.29) is 5.82 Å². The summed E-state index contributed by atoms with van der Waals surface area (Å²) in [6.07, 6.45) is -3.23. The van der Waals surface area contributed by atoms with Gasteiger partial charge in [0.2, 0.25) is 0 Å². The summed E-state index contributed by atoms with van der Waals surface area (Å²) in [4.78, 5) is 15.2. The molecule has 0 saturated carbocycles. The fourth-order valence-corrected chi connectivity index (χ4v) is 2.17. The number of hydrogen-bond acceptors (Lipinski definition) is 7. The number of ether oxygens (including phenoxy) is 1. The molecule has 8 nitrogen and oxygen atoms in total. The molecule has 2 rings (SSSR count). The standard InChI is InChI=1S/C9H12IN3O5/c10-3-1-13(9(17)12-7(3)11)8-6(16)5(15)4(2-14)18-8/h1,4-6,8,14-16H,2H2,(H2,11,12,17). The number of aliphatic hydroxyl groups excluding tert-OH is 3. The first-order chi connectivity index (χ1) is 8.45. The number of nitrogens with zero attached hydrogens (tertiary/aromatic N) is 2. The molecule has 2 heterocycles. The number of anilines is 1. The van der Waals surface area contributed by atoms with E-state index in [2.05, 4.69) is 4.98 Å². The predicted octanol–water partition coefficient (Wildman–Crippen LogP) is -1.96. The molecule has 4 atom stereocenters. The lowest BCUT2D eigenvalue weighted by atomic mass is 10.1. The molecular formula is C9H12IN3O5. The third-order valence-electron chi connectivity index (χ3n) is 2.73. The molecule has 0 bridgehead atoms. The van der Waals surface area contributed by atoms with Crippen molar-refractivity contribution in [2.75, 3.05) is 12.3 Å². The van der Waals surface area contributed by atoms with Crippen LogP contribution in [0.3, 0.4) is 0 Å². The Labute approximate surface area is 115 Å². The van der Waals surface area contributed by atoms with Crippen LogP contribution in [0.25, 0.3) is 0 Å². The normalized spacial score (nSPS) is 31.8. The van der Waals surface area contributed by atoms with E-state index in [4.69, 9.17) is 15.6 Å². The Morgan fingerprint density at radius 1 is 1.50 bits per heavy atom. The summed E-state index contributed by atoms with van der Waals surface area (Å²) < 4.78 is 6.79. The molecule has 18 heavy (non-hydrogen) atoms. The van der Waals surface area contributed by atoms with E-state index in [0.29, 0.717) is 3.57 Å². The van der Waals surface area contributed by atoms with Crippen molar-refractivity contribution in [3.63, 3.8) is 0 Å². The van der Waals surface area contributed by atoms with Gasteiger partial charge in [0.25, 0.3) is 0 Å². The minimum atomic E-state index is -1.32. The van der Waals surface area contributed by atoms with E-state index in [1.54, 1.807) is 0 Å². The maximum atomic E-state index is 11.7. The smallest absolute Gasteiger partial charge is 0.351 e. The maximum Gasteiger partial charge on any atom is 0.351 e. The molecule has 5 N–H and O–H groups in total. The highest BCUT2D eigenvalue weighted by atomic mass is 127. The first kappa shape index (κ1) is 13.7. The van der Waals surface area contributed by atoms with Crippen LogP contribution in [0.15, 0.2) is 11.0 Å². The van der Waals surface area contributed by atoms with Crippen LogP contribution in [-0.4, -0.2) is 49.8 Å². The fourth-order valence-electron chi connectivity index (χ4n) is 1.75. The van der Waals surface area contributed by atoms with Crippen LogP contribution >= 0.6 is 22.6 Å². The van der Waals surface area contributed by atoms with Crippen molar-refractivity contribution in [1.82, 2.24) is 9.55 Å². The average molecular weight is 369 g/mol. The summed E-state index contributed by atoms with van der Waals surface area (Å²) >= 11 is 1.88. The Kier molecular flexibility index (Phi) is 3.87. The number of hydrogen-bond donors (Lipinski definition) is 4. The van der Waals surface area contributed by atoms with Gasteiger partial charge in [-0.25, -0.2) is 4.79 Å². The third kappa shape index (κ3) is 2.23. The second kappa shape index (κ2) is 5.09. The van der Waals surface area contributed by atoms with Gasteiger partial charge in [0.15, 0.2) is 6.23 Å². The molecule has 1 aliphatic heterocycles. The summed E-state index contributed by atoms with van der Waals surface area (Å²) in [6.45, 7) is -0.455. The third-order valence-corrected chi connectivity index (χ3v) is 3.56. The topological polar surface area (TPSA) is 131 Å². The largest absolute Gasteiger partial charge is 0.394 e. The molecule has 1 aromatic rings. The van der Waals surface area contributed by atoms with E-state index in [9.17, 15) is 15.0 Å². The van der Waals surface area contributed by atoms with Crippen molar-refractivity contribution in [1.29, 1.82) is 0 Å². The fraction of sp³-hybridized carbons (Fsp3) is 0.556. The molecule has 1 fully saturated rings. The number of rotatable bonds is 2. The van der Waals surface area contributed by atoms with Gasteiger partial charge in [-0.3, -0.25) is 4.57 Å². The SMILES string of the molecule is Nc1nc(=O)n(C2OC(CO)C(O)C2O)cc1I. The minimum Gasteiger partial charge on any atom is -0.394 e. The zero-order valence-electron chi connectivity index (χ0n) is 9.10. The molecule has 1 saturated heterocycles. The molecule has 1 aliphatic rings. The van der Waals surface area contributed by atoms with Crippen molar-refractivity contribution < 1.29 is 20.1 Å². The number of halogens is 1. The summed E-state index contributed by atoms with van der Waals surface area (Å²) in [5, 5.41) is 28.4. The number of nitrogens with two attached hydrogens (primary N) is 1. The van der Waals surface area contributed by atoms with Crippen LogP contribution in [0.1, 0.15) is 6.23 Å². The monoisotopic (exact) mass is 369 g/mol. The van der Waals surface area contributed by atoms with Gasteiger partial charge in [-0.2, -0.15) is 4.98 Å². The van der Waals surface area contributed by atoms with Gasteiger partial charge in [-0.05, 0) is 22.6 Å². The lowest BCUT2D eigenvalue weighted by Crippen LogP contribution is -2.36.